The molecule has 0 aromatic carbocycles. The van der Waals surface area contributed by atoms with Crippen LogP contribution in [0.1, 0.15) is 12.8 Å². The summed E-state index contributed by atoms with van der Waals surface area (Å²) in [6.45, 7) is 0. The quantitative estimate of drug-likeness (QED) is 0.411. The van der Waals surface area contributed by atoms with Gasteiger partial charge in [0, 0.05) is 12.1 Å². The fraction of sp³-hybridized carbons (Fsp3) is 1.00. The highest BCUT2D eigenvalue weighted by Gasteiger charge is 2.47. The first-order valence-electron chi connectivity index (χ1n) is 2.60. The smallest absolute Gasteiger partial charge is 0.0125 e. The van der Waals surface area contributed by atoms with Gasteiger partial charge >= 0.3 is 0 Å². The van der Waals surface area contributed by atoms with Crippen LogP contribution in [0.4, 0.5) is 0 Å². The van der Waals surface area contributed by atoms with Crippen molar-refractivity contribution in [1.82, 2.24) is 4.90 Å². The maximum absolute atomic E-state index is 2.44. The number of hydrogen-bond acceptors (Lipinski definition) is 1. The topological polar surface area (TPSA) is 3.24 Å². The Morgan fingerprint density at radius 1 is 1.33 bits per heavy atom. The van der Waals surface area contributed by atoms with Crippen molar-refractivity contribution in [2.24, 2.45) is 0 Å². The van der Waals surface area contributed by atoms with Crippen LogP contribution in [0.15, 0.2) is 0 Å². The predicted molar refractivity (Wildman–Crippen MR) is 24.6 cm³/mol. The van der Waals surface area contributed by atoms with Gasteiger partial charge in [-0.2, -0.15) is 0 Å². The van der Waals surface area contributed by atoms with Gasteiger partial charge in [-0.15, -0.1) is 0 Å². The van der Waals surface area contributed by atoms with Crippen molar-refractivity contribution in [2.75, 3.05) is 7.05 Å². The van der Waals surface area contributed by atoms with Gasteiger partial charge in [-0.3, -0.25) is 0 Å². The summed E-state index contributed by atoms with van der Waals surface area (Å²) in [5.41, 5.74) is 0. The summed E-state index contributed by atoms with van der Waals surface area (Å²) >= 11 is 0. The fourth-order valence-electron chi connectivity index (χ4n) is 1.25. The third kappa shape index (κ3) is 0.136. The normalized spacial score (nSPS) is 53.5. The summed E-state index contributed by atoms with van der Waals surface area (Å²) in [5.74, 6) is 0. The van der Waals surface area contributed by atoms with Crippen molar-refractivity contribution < 1.29 is 0 Å². The first-order valence-corrected chi connectivity index (χ1v) is 2.60. The monoisotopic (exact) mass is 83.1 g/mol. The molecule has 3 aliphatic rings. The Kier molecular flexibility index (Phi) is 0.327. The van der Waals surface area contributed by atoms with Gasteiger partial charge in [-0.25, -0.2) is 0 Å². The van der Waals surface area contributed by atoms with Crippen LogP contribution in [-0.2, 0) is 0 Å². The zero-order valence-electron chi connectivity index (χ0n) is 4.02. The molecule has 3 rings (SSSR count). The largest absolute Gasteiger partial charge is 0.300 e. The molecule has 34 valence electrons. The number of rotatable bonds is 0. The molecule has 2 heterocycles. The Morgan fingerprint density at radius 2 is 1.67 bits per heavy atom. The Labute approximate surface area is 37.9 Å². The van der Waals surface area contributed by atoms with Crippen LogP contribution in [0.25, 0.3) is 0 Å². The van der Waals surface area contributed by atoms with Crippen molar-refractivity contribution >= 4 is 0 Å². The third-order valence-electron chi connectivity index (χ3n) is 2.24. The first-order chi connectivity index (χ1) is 2.88. The molecule has 0 N–H and O–H groups in total. The SMILES string of the molecule is CN1C2CC1C2. The average Bonchev–Trinajstić information content (AvgIpc) is 1.28. The van der Waals surface area contributed by atoms with Crippen LogP contribution in [0.5, 0.6) is 0 Å². The zero-order chi connectivity index (χ0) is 4.15. The Morgan fingerprint density at radius 3 is 1.67 bits per heavy atom. The lowest BCUT2D eigenvalue weighted by Gasteiger charge is -2.59. The van der Waals surface area contributed by atoms with Gasteiger partial charge < -0.3 is 4.90 Å². The molecule has 0 spiro atoms. The molecule has 1 heteroatoms. The molecular formula is C5H9N. The molecule has 0 aromatic rings. The van der Waals surface area contributed by atoms with Gasteiger partial charge in [-0.1, -0.05) is 0 Å². The highest BCUT2D eigenvalue weighted by atomic mass is 15.3. The molecule has 2 bridgehead atoms. The van der Waals surface area contributed by atoms with Crippen LogP contribution < -0.4 is 0 Å². The van der Waals surface area contributed by atoms with Gasteiger partial charge in [0.15, 0.2) is 0 Å². The lowest BCUT2D eigenvalue weighted by Crippen LogP contribution is -2.66. The summed E-state index contributed by atoms with van der Waals surface area (Å²) in [6.07, 6.45) is 2.99. The van der Waals surface area contributed by atoms with Gasteiger partial charge in [0.05, 0.1) is 0 Å². The Hall–Kier alpha value is -0.0400. The molecule has 0 amide bonds. The van der Waals surface area contributed by atoms with E-state index in [2.05, 4.69) is 11.9 Å². The number of nitrogens with zero attached hydrogens (tertiary/aromatic N) is 1. The second-order valence-corrected chi connectivity index (χ2v) is 2.44. The van der Waals surface area contributed by atoms with Gasteiger partial charge in [-0.05, 0) is 19.9 Å². The minimum atomic E-state index is 1.01. The summed E-state index contributed by atoms with van der Waals surface area (Å²) in [5, 5.41) is 0. The third-order valence-corrected chi connectivity index (χ3v) is 2.24. The van der Waals surface area contributed by atoms with Crippen LogP contribution in [0, 0.1) is 0 Å². The lowest BCUT2D eigenvalue weighted by molar-refractivity contribution is -0.0844. The Balaban J connectivity index is 2.11. The molecule has 6 heavy (non-hydrogen) atoms. The van der Waals surface area contributed by atoms with E-state index in [0.717, 1.165) is 12.1 Å². The summed E-state index contributed by atoms with van der Waals surface area (Å²) in [4.78, 5) is 2.44. The van der Waals surface area contributed by atoms with Crippen molar-refractivity contribution in [3.8, 4) is 0 Å². The van der Waals surface area contributed by atoms with Crippen LogP contribution >= 0.6 is 0 Å². The molecule has 3 fully saturated rings. The molecule has 1 saturated carbocycles. The van der Waals surface area contributed by atoms with E-state index in [4.69, 9.17) is 0 Å². The molecule has 2 aliphatic heterocycles. The van der Waals surface area contributed by atoms with Crippen molar-refractivity contribution in [1.29, 1.82) is 0 Å². The van der Waals surface area contributed by atoms with E-state index in [1.807, 2.05) is 0 Å². The van der Waals surface area contributed by atoms with E-state index >= 15 is 0 Å². The second kappa shape index (κ2) is 0.648. The van der Waals surface area contributed by atoms with E-state index in [0.29, 0.717) is 0 Å². The van der Waals surface area contributed by atoms with E-state index in [1.165, 1.54) is 12.8 Å². The van der Waals surface area contributed by atoms with E-state index in [9.17, 15) is 0 Å². The standard InChI is InChI=1S/C5H9N/c1-6-4-2-5(6)3-4/h4-5H,2-3H2,1H3. The minimum absolute atomic E-state index is 1.01. The summed E-state index contributed by atoms with van der Waals surface area (Å²) in [7, 11) is 2.21. The predicted octanol–water partition coefficient (Wildman–Crippen LogP) is 0.463. The summed E-state index contributed by atoms with van der Waals surface area (Å²) < 4.78 is 0. The molecule has 0 unspecified atom stereocenters. The minimum Gasteiger partial charge on any atom is -0.300 e. The van der Waals surface area contributed by atoms with Crippen LogP contribution in [0.3, 0.4) is 0 Å². The molecule has 0 aromatic heterocycles. The van der Waals surface area contributed by atoms with E-state index < -0.39 is 0 Å². The van der Waals surface area contributed by atoms with E-state index in [-0.39, 0.29) is 0 Å². The number of hydrogen-bond donors (Lipinski definition) is 0. The van der Waals surface area contributed by atoms with Gasteiger partial charge in [0.25, 0.3) is 0 Å². The highest BCUT2D eigenvalue weighted by Crippen LogP contribution is 2.41. The Bertz CT molecular complexity index is 66.0. The lowest BCUT2D eigenvalue weighted by atomic mass is 9.73. The van der Waals surface area contributed by atoms with Crippen LogP contribution in [-0.4, -0.2) is 24.0 Å². The maximum atomic E-state index is 2.44. The first kappa shape index (κ1) is 3.03. The summed E-state index contributed by atoms with van der Waals surface area (Å²) in [6, 6.07) is 2.02. The van der Waals surface area contributed by atoms with Gasteiger partial charge in [0.1, 0.15) is 0 Å². The van der Waals surface area contributed by atoms with Crippen molar-refractivity contribution in [3.05, 3.63) is 0 Å². The average molecular weight is 83.1 g/mol. The fourth-order valence-corrected chi connectivity index (χ4v) is 1.25. The van der Waals surface area contributed by atoms with Crippen LogP contribution in [0.2, 0.25) is 0 Å². The van der Waals surface area contributed by atoms with Gasteiger partial charge in [0.2, 0.25) is 0 Å². The molecule has 0 atom stereocenters. The molecule has 1 aliphatic carbocycles. The van der Waals surface area contributed by atoms with Crippen molar-refractivity contribution in [2.45, 2.75) is 24.9 Å². The molecule has 0 radical (unpaired) electrons. The second-order valence-electron chi connectivity index (χ2n) is 2.44. The maximum Gasteiger partial charge on any atom is 0.0125 e. The molecule has 1 nitrogen and oxygen atoms in total. The van der Waals surface area contributed by atoms with Crippen molar-refractivity contribution in [3.63, 3.8) is 0 Å². The molecular weight excluding hydrogens is 74.1 g/mol. The molecule has 2 saturated heterocycles. The van der Waals surface area contributed by atoms with E-state index in [1.54, 1.807) is 0 Å². The zero-order valence-corrected chi connectivity index (χ0v) is 4.02. The highest BCUT2D eigenvalue weighted by molar-refractivity contribution is 5.04.